The van der Waals surface area contributed by atoms with E-state index >= 15 is 0 Å². The minimum Gasteiger partial charge on any atom is -0.392 e. The van der Waals surface area contributed by atoms with Gasteiger partial charge in [0.15, 0.2) is 5.79 Å². The first-order valence-corrected chi connectivity index (χ1v) is 20.2. The summed E-state index contributed by atoms with van der Waals surface area (Å²) in [6, 6.07) is 0. The van der Waals surface area contributed by atoms with Crippen LogP contribution in [0.25, 0.3) is 0 Å². The molecule has 19 atom stereocenters. The first kappa shape index (κ1) is 36.4. The van der Waals surface area contributed by atoms with Crippen LogP contribution in [0.5, 0.6) is 0 Å². The van der Waals surface area contributed by atoms with Gasteiger partial charge in [-0.3, -0.25) is 4.79 Å². The summed E-state index contributed by atoms with van der Waals surface area (Å²) in [5.74, 6) is -0.619. The van der Waals surface area contributed by atoms with Gasteiger partial charge < -0.3 is 53.5 Å². The molecule has 0 aromatic heterocycles. The maximum absolute atomic E-state index is 14.1. The van der Waals surface area contributed by atoms with Gasteiger partial charge in [-0.1, -0.05) is 20.1 Å². The van der Waals surface area contributed by atoms with E-state index in [0.29, 0.717) is 25.7 Å². The fourth-order valence-electron chi connectivity index (χ4n) is 11.3. The van der Waals surface area contributed by atoms with E-state index in [1.807, 2.05) is 0 Å². The summed E-state index contributed by atoms with van der Waals surface area (Å²) in [5, 5.41) is 10.5. The third-order valence-corrected chi connectivity index (χ3v) is 14.0. The number of fused-ring (bicyclic) bond motifs is 6. The van der Waals surface area contributed by atoms with Crippen LogP contribution in [0.15, 0.2) is 24.3 Å². The predicted molar refractivity (Wildman–Crippen MR) is 186 cm³/mol. The molecule has 0 radical (unpaired) electrons. The molecule has 12 bridgehead atoms. The zero-order valence-electron chi connectivity index (χ0n) is 30.8. The molecule has 10 aliphatic rings. The van der Waals surface area contributed by atoms with Crippen molar-refractivity contribution in [3.63, 3.8) is 0 Å². The molecule has 10 aliphatic heterocycles. The smallest absolute Gasteiger partial charge is 0.172 e. The van der Waals surface area contributed by atoms with Gasteiger partial charge in [0.1, 0.15) is 36.3 Å². The molecule has 0 aromatic carbocycles. The van der Waals surface area contributed by atoms with Crippen molar-refractivity contribution in [2.45, 2.75) is 194 Å². The van der Waals surface area contributed by atoms with Gasteiger partial charge >= 0.3 is 0 Å². The van der Waals surface area contributed by atoms with Crippen molar-refractivity contribution in [1.82, 2.24) is 0 Å². The summed E-state index contributed by atoms with van der Waals surface area (Å²) >= 11 is 0. The Bertz CT molecular complexity index is 1380. The summed E-state index contributed by atoms with van der Waals surface area (Å²) < 4.78 is 60.0. The zero-order chi connectivity index (χ0) is 35.9. The van der Waals surface area contributed by atoms with Crippen LogP contribution in [0.4, 0.5) is 0 Å². The van der Waals surface area contributed by atoms with Crippen LogP contribution in [-0.2, 0) is 47.4 Å². The highest BCUT2D eigenvalue weighted by Crippen LogP contribution is 2.54. The molecule has 12 heteroatoms. The predicted octanol–water partition coefficient (Wildman–Crippen LogP) is 3.44. The van der Waals surface area contributed by atoms with E-state index in [2.05, 4.69) is 20.1 Å². The lowest BCUT2D eigenvalue weighted by Gasteiger charge is -2.47. The Labute approximate surface area is 307 Å². The molecule has 3 N–H and O–H groups in total. The Morgan fingerprint density at radius 3 is 2.38 bits per heavy atom. The van der Waals surface area contributed by atoms with Crippen molar-refractivity contribution in [3.05, 3.63) is 24.3 Å². The normalized spacial score (nSPS) is 52.4. The van der Waals surface area contributed by atoms with Crippen LogP contribution in [0.3, 0.4) is 0 Å². The summed E-state index contributed by atoms with van der Waals surface area (Å²) in [7, 11) is 1.66. The van der Waals surface area contributed by atoms with Crippen LogP contribution >= 0.6 is 0 Å². The number of hydrogen-bond acceptors (Lipinski definition) is 12. The number of aliphatic hydroxyl groups excluding tert-OH is 1. The monoisotopic (exact) mass is 729 g/mol. The number of aliphatic hydroxyl groups is 1. The molecule has 0 aromatic rings. The Kier molecular flexibility index (Phi) is 10.0. The number of nitrogens with two attached hydrogens (primary N) is 1. The minimum absolute atomic E-state index is 0.0158. The molecule has 10 saturated heterocycles. The number of Topliss-reactive ketones (excluding diaryl/α,β-unsaturated/α-hetero) is 1. The third kappa shape index (κ3) is 6.59. The molecule has 52 heavy (non-hydrogen) atoms. The quantitative estimate of drug-likeness (QED) is 0.409. The maximum atomic E-state index is 14.1. The number of ether oxygens (including phenoxy) is 9. The number of carbonyl (C=O) groups is 1. The number of hydrogen-bond donors (Lipinski definition) is 2. The van der Waals surface area contributed by atoms with E-state index in [-0.39, 0.29) is 122 Å². The average Bonchev–Trinajstić information content (AvgIpc) is 3.79. The lowest BCUT2D eigenvalue weighted by Crippen LogP contribution is -2.61. The van der Waals surface area contributed by atoms with Crippen LogP contribution in [0.2, 0.25) is 0 Å². The largest absolute Gasteiger partial charge is 0.392 e. The number of rotatable bonds is 4. The molecule has 0 aliphatic carbocycles. The summed E-state index contributed by atoms with van der Waals surface area (Å²) in [6.07, 6.45) is 4.85. The second kappa shape index (κ2) is 14.3. The molecule has 12 nitrogen and oxygen atoms in total. The summed E-state index contributed by atoms with van der Waals surface area (Å²) in [4.78, 5) is 14.1. The fourth-order valence-corrected chi connectivity index (χ4v) is 11.3. The van der Waals surface area contributed by atoms with Gasteiger partial charge in [0.05, 0.1) is 67.1 Å². The van der Waals surface area contributed by atoms with E-state index in [0.717, 1.165) is 56.1 Å². The van der Waals surface area contributed by atoms with Crippen molar-refractivity contribution in [2.24, 2.45) is 17.6 Å². The molecular weight excluding hydrogens is 670 g/mol. The maximum Gasteiger partial charge on any atom is 0.172 e. The third-order valence-electron chi connectivity index (χ3n) is 14.0. The molecule has 10 rings (SSSR count). The van der Waals surface area contributed by atoms with E-state index in [1.54, 1.807) is 7.11 Å². The second-order valence-corrected chi connectivity index (χ2v) is 17.4. The van der Waals surface area contributed by atoms with Gasteiger partial charge in [0.25, 0.3) is 0 Å². The highest BCUT2D eigenvalue weighted by Gasteiger charge is 2.68. The first-order valence-electron chi connectivity index (χ1n) is 20.2. The van der Waals surface area contributed by atoms with Gasteiger partial charge in [-0.15, -0.1) is 0 Å². The van der Waals surface area contributed by atoms with Crippen molar-refractivity contribution >= 4 is 5.78 Å². The molecule has 10 heterocycles. The van der Waals surface area contributed by atoms with E-state index < -0.39 is 18.0 Å². The summed E-state index contributed by atoms with van der Waals surface area (Å²) in [5.41, 5.74) is 8.01. The van der Waals surface area contributed by atoms with Gasteiger partial charge in [-0.2, -0.15) is 0 Å². The van der Waals surface area contributed by atoms with Gasteiger partial charge in [0.2, 0.25) is 0 Å². The van der Waals surface area contributed by atoms with Gasteiger partial charge in [-0.25, -0.2) is 0 Å². The average molecular weight is 730 g/mol. The highest BCUT2D eigenvalue weighted by molar-refractivity contribution is 5.79. The van der Waals surface area contributed by atoms with Crippen molar-refractivity contribution in [1.29, 1.82) is 0 Å². The lowest BCUT2D eigenvalue weighted by molar-refractivity contribution is -0.292. The van der Waals surface area contributed by atoms with Crippen molar-refractivity contribution < 1.29 is 52.5 Å². The lowest BCUT2D eigenvalue weighted by atomic mass is 9.81. The second-order valence-electron chi connectivity index (χ2n) is 17.4. The van der Waals surface area contributed by atoms with E-state index in [4.69, 9.17) is 48.4 Å². The van der Waals surface area contributed by atoms with Gasteiger partial charge in [0, 0.05) is 58.1 Å². The summed E-state index contributed by atoms with van der Waals surface area (Å²) in [6.45, 7) is 11.3. The van der Waals surface area contributed by atoms with Crippen LogP contribution < -0.4 is 5.73 Å². The van der Waals surface area contributed by atoms with E-state index in [9.17, 15) is 9.90 Å². The molecule has 0 saturated carbocycles. The number of ketones is 1. The van der Waals surface area contributed by atoms with Crippen molar-refractivity contribution in [3.8, 4) is 0 Å². The van der Waals surface area contributed by atoms with Crippen LogP contribution in [0.1, 0.15) is 90.4 Å². The molecule has 10 fully saturated rings. The SMILES string of the molecule is C=C1C[C@@H]2CC[C@@]34C[C@H]5O[C@H]6[C@@H](O3)[C@H]3O[C@H](CC[C@@H]3O[C@H]6[C@H]5O4)CC(=O)C[C@H]3[C@H](CC4OC(CCC1O2)C[C@@H](C)C4=C)OC(C[C@H](O)CN)[C@@H]3OC. The fraction of sp³-hybridized carbons (Fsp3) is 0.875. The first-order chi connectivity index (χ1) is 25.1. The van der Waals surface area contributed by atoms with Crippen LogP contribution in [-0.4, -0.2) is 128 Å². The molecule has 290 valence electrons. The Hall–Kier alpha value is -1.29. The van der Waals surface area contributed by atoms with Crippen LogP contribution in [0, 0.1) is 11.8 Å². The number of carbonyl (C=O) groups excluding carboxylic acids is 1. The van der Waals surface area contributed by atoms with E-state index in [1.165, 1.54) is 0 Å². The Balaban J connectivity index is 0.994. The Morgan fingerprint density at radius 1 is 0.808 bits per heavy atom. The topological polar surface area (TPSA) is 146 Å². The molecule has 4 unspecified atom stereocenters. The molecule has 0 amide bonds. The minimum atomic E-state index is -0.780. The molecular formula is C40H59NO11. The van der Waals surface area contributed by atoms with Crippen molar-refractivity contribution in [2.75, 3.05) is 13.7 Å². The number of methoxy groups -OCH3 is 1. The zero-order valence-corrected chi connectivity index (χ0v) is 30.8. The molecule has 1 spiro atoms. The Morgan fingerprint density at radius 2 is 1.56 bits per heavy atom. The highest BCUT2D eigenvalue weighted by atomic mass is 16.8. The standard InChI is InChI=1S/C40H59NO11/c1-19-11-24-5-7-28-20(2)12-26(45-28)9-10-40-17-33-36(51-40)37-38(50-33)39(52-40)35-29(49-37)8-6-25(47-35)13-22(42)14-27-31(16-30(46-24)21(19)3)48-32(34(27)44-4)15-23(43)18-41/h19,23-39,43H,2-3,5-18,41H2,1,4H3/t19-,23+,24?,25-,26+,27+,28?,29+,30?,31+,32?,33-,34-,35+,36+,37+,38-,39+,40+/m1/s1. The van der Waals surface area contributed by atoms with Gasteiger partial charge in [-0.05, 0) is 62.0 Å².